The SMILES string of the molecule is CCCC1CCCC(NCCOC)(C(=O)O)CC1. The summed E-state index contributed by atoms with van der Waals surface area (Å²) in [5.74, 6) is 0.0104. The summed E-state index contributed by atoms with van der Waals surface area (Å²) in [5.41, 5.74) is -0.721. The fraction of sp³-hybridized carbons (Fsp3) is 0.929. The third kappa shape index (κ3) is 4.25. The second kappa shape index (κ2) is 7.74. The first-order valence-corrected chi connectivity index (χ1v) is 7.12. The second-order valence-electron chi connectivity index (χ2n) is 5.39. The normalized spacial score (nSPS) is 28.9. The molecule has 0 saturated heterocycles. The summed E-state index contributed by atoms with van der Waals surface area (Å²) in [4.78, 5) is 11.6. The molecule has 0 aromatic heterocycles. The van der Waals surface area contributed by atoms with E-state index in [9.17, 15) is 9.90 Å². The fourth-order valence-corrected chi connectivity index (χ4v) is 2.97. The van der Waals surface area contributed by atoms with Crippen LogP contribution in [0.2, 0.25) is 0 Å². The number of carboxylic acid groups (broad SMARTS) is 1. The minimum Gasteiger partial charge on any atom is -0.480 e. The Labute approximate surface area is 110 Å². The Bertz CT molecular complexity index is 257. The topological polar surface area (TPSA) is 58.6 Å². The predicted molar refractivity (Wildman–Crippen MR) is 71.7 cm³/mol. The van der Waals surface area contributed by atoms with Gasteiger partial charge in [0, 0.05) is 13.7 Å². The van der Waals surface area contributed by atoms with E-state index < -0.39 is 11.5 Å². The van der Waals surface area contributed by atoms with Gasteiger partial charge in [-0.05, 0) is 25.2 Å². The standard InChI is InChI=1S/C14H27NO3/c1-3-5-12-6-4-8-14(9-7-12,13(16)17)15-10-11-18-2/h12,15H,3-11H2,1-2H3,(H,16,17). The molecule has 0 amide bonds. The highest BCUT2D eigenvalue weighted by Crippen LogP contribution is 2.32. The highest BCUT2D eigenvalue weighted by molar-refractivity contribution is 5.78. The van der Waals surface area contributed by atoms with Gasteiger partial charge in [0.25, 0.3) is 0 Å². The van der Waals surface area contributed by atoms with Crippen LogP contribution in [0.25, 0.3) is 0 Å². The molecular formula is C14H27NO3. The van der Waals surface area contributed by atoms with Crippen LogP contribution < -0.4 is 5.32 Å². The van der Waals surface area contributed by atoms with Crippen LogP contribution in [0.15, 0.2) is 0 Å². The molecule has 1 fully saturated rings. The molecule has 0 heterocycles. The highest BCUT2D eigenvalue weighted by Gasteiger charge is 2.39. The van der Waals surface area contributed by atoms with E-state index in [-0.39, 0.29) is 0 Å². The lowest BCUT2D eigenvalue weighted by Gasteiger charge is -2.29. The Morgan fingerprint density at radius 1 is 1.44 bits per heavy atom. The van der Waals surface area contributed by atoms with Crippen molar-refractivity contribution in [1.82, 2.24) is 5.32 Å². The predicted octanol–water partition coefficient (Wildman–Crippen LogP) is 2.43. The van der Waals surface area contributed by atoms with E-state index in [0.29, 0.717) is 19.1 Å². The maximum atomic E-state index is 11.6. The first-order chi connectivity index (χ1) is 8.64. The Morgan fingerprint density at radius 3 is 2.83 bits per heavy atom. The third-order valence-corrected chi connectivity index (χ3v) is 4.07. The van der Waals surface area contributed by atoms with Crippen molar-refractivity contribution in [3.05, 3.63) is 0 Å². The van der Waals surface area contributed by atoms with Gasteiger partial charge in [-0.1, -0.05) is 32.6 Å². The Hall–Kier alpha value is -0.610. The fourth-order valence-electron chi connectivity index (χ4n) is 2.97. The first-order valence-electron chi connectivity index (χ1n) is 7.12. The van der Waals surface area contributed by atoms with E-state index in [4.69, 9.17) is 4.74 Å². The zero-order valence-electron chi connectivity index (χ0n) is 11.7. The van der Waals surface area contributed by atoms with Crippen LogP contribution in [0.4, 0.5) is 0 Å². The Balaban J connectivity index is 2.58. The van der Waals surface area contributed by atoms with Crippen LogP contribution >= 0.6 is 0 Å². The molecule has 18 heavy (non-hydrogen) atoms. The minimum absolute atomic E-state index is 0.563. The summed E-state index contributed by atoms with van der Waals surface area (Å²) >= 11 is 0. The molecule has 0 aliphatic heterocycles. The van der Waals surface area contributed by atoms with E-state index in [2.05, 4.69) is 12.2 Å². The van der Waals surface area contributed by atoms with Crippen molar-refractivity contribution in [3.8, 4) is 0 Å². The van der Waals surface area contributed by atoms with Gasteiger partial charge in [-0.25, -0.2) is 0 Å². The minimum atomic E-state index is -0.721. The van der Waals surface area contributed by atoms with Gasteiger partial charge in [0.2, 0.25) is 0 Å². The third-order valence-electron chi connectivity index (χ3n) is 4.07. The summed E-state index contributed by atoms with van der Waals surface area (Å²) in [6, 6.07) is 0. The molecule has 106 valence electrons. The van der Waals surface area contributed by atoms with E-state index >= 15 is 0 Å². The lowest BCUT2D eigenvalue weighted by Crippen LogP contribution is -2.52. The largest absolute Gasteiger partial charge is 0.480 e. The highest BCUT2D eigenvalue weighted by atomic mass is 16.5. The molecule has 1 aliphatic carbocycles. The average molecular weight is 257 g/mol. The van der Waals surface area contributed by atoms with E-state index in [1.54, 1.807) is 7.11 Å². The van der Waals surface area contributed by atoms with Gasteiger partial charge in [-0.15, -0.1) is 0 Å². The molecule has 0 spiro atoms. The molecule has 1 aliphatic rings. The molecule has 0 radical (unpaired) electrons. The summed E-state index contributed by atoms with van der Waals surface area (Å²) in [5, 5.41) is 12.7. The molecule has 2 atom stereocenters. The van der Waals surface area contributed by atoms with Crippen LogP contribution in [0.5, 0.6) is 0 Å². The molecule has 0 aromatic carbocycles. The second-order valence-corrected chi connectivity index (χ2v) is 5.39. The number of carbonyl (C=O) groups is 1. The monoisotopic (exact) mass is 257 g/mol. The van der Waals surface area contributed by atoms with Gasteiger partial charge in [0.1, 0.15) is 5.54 Å². The van der Waals surface area contributed by atoms with E-state index in [1.165, 1.54) is 19.3 Å². The van der Waals surface area contributed by atoms with Crippen LogP contribution in [0.3, 0.4) is 0 Å². The van der Waals surface area contributed by atoms with E-state index in [0.717, 1.165) is 25.7 Å². The molecule has 1 rings (SSSR count). The summed E-state index contributed by atoms with van der Waals surface area (Å²) in [6.07, 6.45) is 7.13. The molecule has 4 nitrogen and oxygen atoms in total. The maximum absolute atomic E-state index is 11.6. The molecule has 1 saturated carbocycles. The zero-order chi connectivity index (χ0) is 13.4. The van der Waals surface area contributed by atoms with Crippen molar-refractivity contribution in [2.45, 2.75) is 57.4 Å². The van der Waals surface area contributed by atoms with Crippen LogP contribution in [0, 0.1) is 5.92 Å². The van der Waals surface area contributed by atoms with Crippen molar-refractivity contribution in [2.24, 2.45) is 5.92 Å². The number of hydrogen-bond donors (Lipinski definition) is 2. The summed E-state index contributed by atoms with van der Waals surface area (Å²) in [7, 11) is 1.64. The summed E-state index contributed by atoms with van der Waals surface area (Å²) in [6.45, 7) is 3.38. The number of nitrogens with one attached hydrogen (secondary N) is 1. The number of rotatable bonds is 7. The molecule has 2 N–H and O–H groups in total. The van der Waals surface area contributed by atoms with Gasteiger partial charge in [0.05, 0.1) is 6.61 Å². The van der Waals surface area contributed by atoms with Crippen molar-refractivity contribution in [1.29, 1.82) is 0 Å². The number of methoxy groups -OCH3 is 1. The summed E-state index contributed by atoms with van der Waals surface area (Å²) < 4.78 is 4.99. The molecule has 0 aromatic rings. The number of ether oxygens (including phenoxy) is 1. The van der Waals surface area contributed by atoms with Crippen LogP contribution in [-0.2, 0) is 9.53 Å². The molecule has 2 unspecified atom stereocenters. The Kier molecular flexibility index (Phi) is 6.65. The van der Waals surface area contributed by atoms with Crippen LogP contribution in [0.1, 0.15) is 51.9 Å². The average Bonchev–Trinajstić information content (AvgIpc) is 2.54. The van der Waals surface area contributed by atoms with Gasteiger partial charge in [-0.2, -0.15) is 0 Å². The van der Waals surface area contributed by atoms with Crippen LogP contribution in [-0.4, -0.2) is 36.9 Å². The molecule has 4 heteroatoms. The van der Waals surface area contributed by atoms with Gasteiger partial charge in [0.15, 0.2) is 0 Å². The quantitative estimate of drug-likeness (QED) is 0.543. The lowest BCUT2D eigenvalue weighted by atomic mass is 9.89. The van der Waals surface area contributed by atoms with Crippen molar-refractivity contribution in [3.63, 3.8) is 0 Å². The molecular weight excluding hydrogens is 230 g/mol. The lowest BCUT2D eigenvalue weighted by molar-refractivity contribution is -0.145. The van der Waals surface area contributed by atoms with Gasteiger partial charge in [-0.3, -0.25) is 10.1 Å². The van der Waals surface area contributed by atoms with E-state index in [1.807, 2.05) is 0 Å². The van der Waals surface area contributed by atoms with Crippen molar-refractivity contribution < 1.29 is 14.6 Å². The smallest absolute Gasteiger partial charge is 0.323 e. The van der Waals surface area contributed by atoms with Crippen molar-refractivity contribution in [2.75, 3.05) is 20.3 Å². The first kappa shape index (κ1) is 15.4. The zero-order valence-corrected chi connectivity index (χ0v) is 11.7. The molecule has 0 bridgehead atoms. The number of carboxylic acids is 1. The van der Waals surface area contributed by atoms with Gasteiger partial charge >= 0.3 is 5.97 Å². The number of aliphatic carboxylic acids is 1. The number of hydrogen-bond acceptors (Lipinski definition) is 3. The van der Waals surface area contributed by atoms with Gasteiger partial charge < -0.3 is 9.84 Å². The van der Waals surface area contributed by atoms with Crippen molar-refractivity contribution >= 4 is 5.97 Å². The Morgan fingerprint density at radius 2 is 2.22 bits per heavy atom. The maximum Gasteiger partial charge on any atom is 0.323 e.